The lowest BCUT2D eigenvalue weighted by molar-refractivity contribution is -0.499. The number of allylic oxidation sites excluding steroid dienone is 1. The highest BCUT2D eigenvalue weighted by Gasteiger charge is 2.22. The van der Waals surface area contributed by atoms with Crippen LogP contribution < -0.4 is 5.32 Å². The van der Waals surface area contributed by atoms with Crippen LogP contribution in [-0.4, -0.2) is 37.5 Å². The molecule has 0 spiro atoms. The van der Waals surface area contributed by atoms with E-state index in [-0.39, 0.29) is 0 Å². The lowest BCUT2D eigenvalue weighted by Crippen LogP contribution is -2.27. The van der Waals surface area contributed by atoms with Crippen molar-refractivity contribution in [3.8, 4) is 0 Å². The molecule has 0 amide bonds. The van der Waals surface area contributed by atoms with E-state index in [2.05, 4.69) is 72.0 Å². The van der Waals surface area contributed by atoms with Crippen LogP contribution in [0.4, 0.5) is 0 Å². The first-order valence-electron chi connectivity index (χ1n) is 10.3. The van der Waals surface area contributed by atoms with Crippen LogP contribution >= 0.6 is 0 Å². The third kappa shape index (κ3) is 4.95. The van der Waals surface area contributed by atoms with Gasteiger partial charge in [0.2, 0.25) is 0 Å². The molecule has 0 radical (unpaired) electrons. The Kier molecular flexibility index (Phi) is 7.00. The Morgan fingerprint density at radius 2 is 1.81 bits per heavy atom. The topological polar surface area (TPSA) is 15.0 Å². The molecular weight excluding hydrogens is 328 g/mol. The van der Waals surface area contributed by atoms with Gasteiger partial charge in [-0.2, -0.15) is 0 Å². The number of rotatable bonds is 9. The van der Waals surface area contributed by atoms with Gasteiger partial charge in [0.25, 0.3) is 0 Å². The maximum absolute atomic E-state index is 4.39. The molecule has 2 nitrogen and oxygen atoms in total. The molecule has 0 saturated heterocycles. The molecular formula is C25H33N2+. The van der Waals surface area contributed by atoms with Crippen molar-refractivity contribution in [2.75, 3.05) is 27.2 Å². The Morgan fingerprint density at radius 1 is 1.04 bits per heavy atom. The Labute approximate surface area is 164 Å². The second-order valence-corrected chi connectivity index (χ2v) is 7.60. The van der Waals surface area contributed by atoms with E-state index in [4.69, 9.17) is 0 Å². The fourth-order valence-corrected chi connectivity index (χ4v) is 4.08. The van der Waals surface area contributed by atoms with Gasteiger partial charge in [-0.05, 0) is 67.6 Å². The minimum atomic E-state index is 1.01. The summed E-state index contributed by atoms with van der Waals surface area (Å²) in [4.78, 5) is 0. The van der Waals surface area contributed by atoms with Crippen LogP contribution in [0.25, 0.3) is 5.57 Å². The average molecular weight is 362 g/mol. The monoisotopic (exact) mass is 361 g/mol. The molecule has 1 aliphatic rings. The van der Waals surface area contributed by atoms with Crippen LogP contribution in [0.1, 0.15) is 47.9 Å². The Morgan fingerprint density at radius 3 is 2.67 bits per heavy atom. The van der Waals surface area contributed by atoms with Gasteiger partial charge in [0.1, 0.15) is 13.6 Å². The van der Waals surface area contributed by atoms with E-state index in [0.717, 1.165) is 38.8 Å². The lowest BCUT2D eigenvalue weighted by atomic mass is 9.92. The minimum absolute atomic E-state index is 1.01. The Hall–Kier alpha value is -2.19. The highest BCUT2D eigenvalue weighted by Crippen LogP contribution is 2.24. The first-order chi connectivity index (χ1) is 13.2. The Balaban J connectivity index is 1.56. The third-order valence-corrected chi connectivity index (χ3v) is 5.69. The van der Waals surface area contributed by atoms with Gasteiger partial charge in [-0.3, -0.25) is 0 Å². The third-order valence-electron chi connectivity index (χ3n) is 5.69. The zero-order valence-corrected chi connectivity index (χ0v) is 16.9. The quantitative estimate of drug-likeness (QED) is 0.505. The van der Waals surface area contributed by atoms with E-state index in [1.165, 1.54) is 46.4 Å². The summed E-state index contributed by atoms with van der Waals surface area (Å²) in [6.45, 7) is 6.54. The minimum Gasteiger partial charge on any atom is -0.319 e. The molecule has 0 aromatic heterocycles. The van der Waals surface area contributed by atoms with Gasteiger partial charge < -0.3 is 5.32 Å². The van der Waals surface area contributed by atoms with E-state index < -0.39 is 0 Å². The fourth-order valence-electron chi connectivity index (χ4n) is 4.08. The molecule has 2 aromatic rings. The predicted octanol–water partition coefficient (Wildman–Crippen LogP) is 4.71. The van der Waals surface area contributed by atoms with Crippen LogP contribution in [0.5, 0.6) is 0 Å². The molecule has 142 valence electrons. The van der Waals surface area contributed by atoms with Gasteiger partial charge in [-0.25, -0.2) is 4.58 Å². The van der Waals surface area contributed by atoms with E-state index in [9.17, 15) is 0 Å². The second-order valence-electron chi connectivity index (χ2n) is 7.60. The number of likely N-dealkylation sites (N-methyl/N-ethyl adjacent to an activating group) is 2. The summed E-state index contributed by atoms with van der Waals surface area (Å²) in [5.41, 5.74) is 8.52. The number of benzene rings is 2. The molecule has 0 unspecified atom stereocenters. The largest absolute Gasteiger partial charge is 0.319 e. The normalized spacial score (nSPS) is 13.6. The smallest absolute Gasteiger partial charge is 0.183 e. The second kappa shape index (κ2) is 9.66. The number of hydrogen-bond donors (Lipinski definition) is 1. The highest BCUT2D eigenvalue weighted by molar-refractivity contribution is 5.98. The summed E-state index contributed by atoms with van der Waals surface area (Å²) in [6.07, 6.45) is 6.86. The summed E-state index contributed by atoms with van der Waals surface area (Å²) in [7, 11) is 4.25. The van der Waals surface area contributed by atoms with Crippen LogP contribution in [0, 0.1) is 0 Å². The zero-order chi connectivity index (χ0) is 19.1. The van der Waals surface area contributed by atoms with Crippen LogP contribution in [-0.2, 0) is 12.8 Å². The molecule has 0 aliphatic carbocycles. The van der Waals surface area contributed by atoms with Crippen LogP contribution in [0.3, 0.4) is 0 Å². The average Bonchev–Trinajstić information content (AvgIpc) is 2.71. The highest BCUT2D eigenvalue weighted by atomic mass is 15.0. The molecule has 1 aliphatic heterocycles. The summed E-state index contributed by atoms with van der Waals surface area (Å²) >= 11 is 0. The summed E-state index contributed by atoms with van der Waals surface area (Å²) in [5, 5.41) is 3.25. The number of fused-ring (bicyclic) bond motifs is 1. The van der Waals surface area contributed by atoms with Crippen molar-refractivity contribution in [3.63, 3.8) is 0 Å². The molecule has 0 atom stereocenters. The molecule has 2 heteroatoms. The van der Waals surface area contributed by atoms with Crippen LogP contribution in [0.2, 0.25) is 0 Å². The van der Waals surface area contributed by atoms with Gasteiger partial charge >= 0.3 is 0 Å². The molecule has 0 saturated carbocycles. The van der Waals surface area contributed by atoms with Crippen molar-refractivity contribution < 1.29 is 4.58 Å². The van der Waals surface area contributed by atoms with E-state index in [1.807, 2.05) is 7.05 Å². The zero-order valence-electron chi connectivity index (χ0n) is 16.9. The molecule has 3 rings (SSSR count). The SMILES string of the molecule is C=C(CCCCC1=[N+](C)CCc2ccccc21)c1ccccc1CCNC. The van der Waals surface area contributed by atoms with Gasteiger partial charge in [0.15, 0.2) is 5.71 Å². The Bertz CT molecular complexity index is 817. The van der Waals surface area contributed by atoms with Gasteiger partial charge in [-0.1, -0.05) is 49.0 Å². The number of unbranched alkanes of at least 4 members (excludes halogenated alkanes) is 1. The summed E-state index contributed by atoms with van der Waals surface area (Å²) in [6, 6.07) is 17.6. The van der Waals surface area contributed by atoms with Crippen molar-refractivity contribution in [1.29, 1.82) is 0 Å². The van der Waals surface area contributed by atoms with Crippen molar-refractivity contribution in [2.45, 2.75) is 38.5 Å². The van der Waals surface area contributed by atoms with Crippen molar-refractivity contribution >= 4 is 11.3 Å². The van der Waals surface area contributed by atoms with Gasteiger partial charge in [-0.15, -0.1) is 0 Å². The lowest BCUT2D eigenvalue weighted by Gasteiger charge is -2.16. The maximum atomic E-state index is 4.39. The molecule has 1 N–H and O–H groups in total. The van der Waals surface area contributed by atoms with Crippen molar-refractivity contribution in [2.24, 2.45) is 0 Å². The maximum Gasteiger partial charge on any atom is 0.183 e. The first-order valence-corrected chi connectivity index (χ1v) is 10.3. The summed E-state index contributed by atoms with van der Waals surface area (Å²) in [5.74, 6) is 0. The van der Waals surface area contributed by atoms with E-state index >= 15 is 0 Å². The fraction of sp³-hybridized carbons (Fsp3) is 0.400. The predicted molar refractivity (Wildman–Crippen MR) is 117 cm³/mol. The van der Waals surface area contributed by atoms with E-state index in [1.54, 1.807) is 0 Å². The van der Waals surface area contributed by atoms with Gasteiger partial charge in [0, 0.05) is 18.4 Å². The molecule has 2 aromatic carbocycles. The molecule has 0 fully saturated rings. The molecule has 27 heavy (non-hydrogen) atoms. The van der Waals surface area contributed by atoms with Gasteiger partial charge in [0.05, 0.1) is 0 Å². The van der Waals surface area contributed by atoms with E-state index in [0.29, 0.717) is 0 Å². The van der Waals surface area contributed by atoms with Crippen molar-refractivity contribution in [1.82, 2.24) is 5.32 Å². The first kappa shape index (κ1) is 19.6. The molecule has 1 heterocycles. The summed E-state index contributed by atoms with van der Waals surface area (Å²) < 4.78 is 2.45. The molecule has 0 bridgehead atoms. The number of nitrogens with zero attached hydrogens (tertiary/aromatic N) is 1. The van der Waals surface area contributed by atoms with Crippen molar-refractivity contribution in [3.05, 3.63) is 77.4 Å². The van der Waals surface area contributed by atoms with Crippen LogP contribution in [0.15, 0.2) is 55.1 Å². The number of hydrogen-bond acceptors (Lipinski definition) is 1. The standard InChI is InChI=1S/C25H33N2/c1-20(23-13-7-5-11-21(23)16-18-26-2)10-4-9-15-25-24-14-8-6-12-22(24)17-19-27(25)3/h5-8,11-14,26H,1,4,9-10,15-19H2,2-3H3/q+1. The number of nitrogens with one attached hydrogen (secondary N) is 1.